The number of piperazine rings is 2. The number of nitrogens with zero attached hydrogens (tertiary/aromatic N) is 10. The third-order valence-electron chi connectivity index (χ3n) is 11.1. The Labute approximate surface area is 409 Å². The number of halogens is 4. The van der Waals surface area contributed by atoms with Crippen LogP contribution in [0.25, 0.3) is 45.1 Å². The van der Waals surface area contributed by atoms with E-state index in [9.17, 15) is 9.59 Å². The number of anilines is 4. The summed E-state index contributed by atoms with van der Waals surface area (Å²) in [5.41, 5.74) is 16.0. The van der Waals surface area contributed by atoms with Gasteiger partial charge in [-0.05, 0) is 84.9 Å². The number of carbonyl (C=O) groups excluding carboxylic acids is 2. The van der Waals surface area contributed by atoms with Crippen molar-refractivity contribution in [2.45, 2.75) is 0 Å². The van der Waals surface area contributed by atoms with E-state index in [0.717, 1.165) is 11.1 Å². The molecule has 0 bridgehead atoms. The van der Waals surface area contributed by atoms with Gasteiger partial charge in [0.2, 0.25) is 11.9 Å². The van der Waals surface area contributed by atoms with E-state index in [2.05, 4.69) is 49.7 Å². The van der Waals surface area contributed by atoms with E-state index < -0.39 is 0 Å². The van der Waals surface area contributed by atoms with Crippen LogP contribution in [0.2, 0.25) is 20.1 Å². The fourth-order valence-electron chi connectivity index (χ4n) is 7.64. The maximum atomic E-state index is 12.6. The molecular weight excluding hydrogens is 954 g/mol. The lowest BCUT2D eigenvalue weighted by Crippen LogP contribution is -2.50. The third-order valence-corrected chi connectivity index (χ3v) is 12.1. The molecule has 0 spiro atoms. The second kappa shape index (κ2) is 20.4. The van der Waals surface area contributed by atoms with Crippen molar-refractivity contribution in [3.63, 3.8) is 0 Å². The van der Waals surface area contributed by atoms with Crippen molar-refractivity contribution in [3.8, 4) is 34.3 Å². The Hall–Kier alpha value is -7.12. The summed E-state index contributed by atoms with van der Waals surface area (Å²) >= 11 is 23.9. The van der Waals surface area contributed by atoms with Crippen LogP contribution in [0.4, 0.5) is 23.5 Å². The molecule has 0 radical (unpaired) electrons. The first-order valence-corrected chi connectivity index (χ1v) is 22.8. The minimum Gasteiger partial charge on any atom is -0.484 e. The fraction of sp³-hybridized carbons (Fsp3) is 0.217. The van der Waals surface area contributed by atoms with Crippen LogP contribution in [0.15, 0.2) is 97.1 Å². The number of ether oxygens (including phenoxy) is 2. The van der Waals surface area contributed by atoms with Crippen LogP contribution in [0.1, 0.15) is 0 Å². The molecule has 0 saturated carbocycles. The molecule has 2 aliphatic rings. The van der Waals surface area contributed by atoms with Crippen molar-refractivity contribution in [2.75, 3.05) is 86.8 Å². The number of aromatic amines is 2. The topological polar surface area (TPSA) is 227 Å². The number of nitrogens with one attached hydrogen (secondary N) is 2. The zero-order valence-corrected chi connectivity index (χ0v) is 39.1. The molecule has 2 fully saturated rings. The lowest BCUT2D eigenvalue weighted by atomic mass is 10.2. The van der Waals surface area contributed by atoms with Gasteiger partial charge < -0.3 is 50.5 Å². The Morgan fingerprint density at radius 1 is 0.500 bits per heavy atom. The van der Waals surface area contributed by atoms with Gasteiger partial charge in [0, 0.05) is 83.6 Å². The fourth-order valence-corrected chi connectivity index (χ4v) is 8.21. The molecule has 10 rings (SSSR count). The van der Waals surface area contributed by atoms with Crippen molar-refractivity contribution in [1.82, 2.24) is 49.7 Å². The monoisotopic (exact) mass is 994 g/mol. The van der Waals surface area contributed by atoms with E-state index in [-0.39, 0.29) is 36.9 Å². The number of amides is 2. The number of carbonyl (C=O) groups is 2. The molecule has 348 valence electrons. The SMILES string of the molecule is Nc1nc(N2CCN(C(=O)COc3ccc(Cl)cc3)CC2)c2[nH]c(-c3ccc(Cl)cc3)nc2n1.Nc1nc(N2CCN(C(=O)COc3ccc(Cl)cc3)CC2)c2[nH]c(-c3cccc(Cl)c3)nc2n1. The number of H-pyrrole nitrogens is 2. The smallest absolute Gasteiger partial charge is 0.260 e. The summed E-state index contributed by atoms with van der Waals surface area (Å²) in [7, 11) is 0. The van der Waals surface area contributed by atoms with E-state index in [1.165, 1.54) is 0 Å². The number of aromatic nitrogens is 8. The maximum absolute atomic E-state index is 12.6. The van der Waals surface area contributed by atoms with Crippen LogP contribution >= 0.6 is 46.4 Å². The molecule has 8 aromatic rings. The number of hydrogen-bond donors (Lipinski definition) is 4. The van der Waals surface area contributed by atoms with E-state index in [1.54, 1.807) is 76.5 Å². The average Bonchev–Trinajstić information content (AvgIpc) is 3.98. The number of imidazole rings is 2. The quantitative estimate of drug-likeness (QED) is 0.106. The van der Waals surface area contributed by atoms with Gasteiger partial charge >= 0.3 is 0 Å². The predicted molar refractivity (Wildman–Crippen MR) is 265 cm³/mol. The Morgan fingerprint density at radius 3 is 1.34 bits per heavy atom. The van der Waals surface area contributed by atoms with Gasteiger partial charge in [-0.2, -0.15) is 19.9 Å². The highest BCUT2D eigenvalue weighted by Crippen LogP contribution is 2.30. The predicted octanol–water partition coefficient (Wildman–Crippen LogP) is 7.27. The van der Waals surface area contributed by atoms with Gasteiger partial charge in [0.1, 0.15) is 34.2 Å². The van der Waals surface area contributed by atoms with Crippen molar-refractivity contribution in [2.24, 2.45) is 0 Å². The van der Waals surface area contributed by atoms with Gasteiger partial charge in [-0.15, -0.1) is 0 Å². The minimum absolute atomic E-state index is 0.0304. The highest BCUT2D eigenvalue weighted by molar-refractivity contribution is 6.31. The highest BCUT2D eigenvalue weighted by atomic mass is 35.5. The molecule has 68 heavy (non-hydrogen) atoms. The Morgan fingerprint density at radius 2 is 0.912 bits per heavy atom. The Bertz CT molecular complexity index is 3070. The summed E-state index contributed by atoms with van der Waals surface area (Å²) in [6.07, 6.45) is 0. The highest BCUT2D eigenvalue weighted by Gasteiger charge is 2.27. The molecule has 2 saturated heterocycles. The third kappa shape index (κ3) is 10.8. The summed E-state index contributed by atoms with van der Waals surface area (Å²) in [5, 5.41) is 2.50. The van der Waals surface area contributed by atoms with Crippen molar-refractivity contribution in [3.05, 3.63) is 117 Å². The maximum Gasteiger partial charge on any atom is 0.260 e. The summed E-state index contributed by atoms with van der Waals surface area (Å²) < 4.78 is 11.2. The van der Waals surface area contributed by atoms with E-state index in [4.69, 9.17) is 67.3 Å². The summed E-state index contributed by atoms with van der Waals surface area (Å²) in [5.74, 6) is 3.95. The summed E-state index contributed by atoms with van der Waals surface area (Å²) in [6.45, 7) is 4.42. The van der Waals surface area contributed by atoms with Crippen LogP contribution in [0, 0.1) is 0 Å². The number of fused-ring (bicyclic) bond motifs is 2. The molecule has 6 heterocycles. The second-order valence-corrected chi connectivity index (χ2v) is 17.4. The zero-order chi connectivity index (χ0) is 47.3. The first-order valence-electron chi connectivity index (χ1n) is 21.3. The number of hydrogen-bond acceptors (Lipinski definition) is 14. The van der Waals surface area contributed by atoms with Crippen molar-refractivity contribution >= 4 is 104 Å². The first kappa shape index (κ1) is 46.0. The molecule has 0 aliphatic carbocycles. The molecular formula is C46H42Cl4N14O4. The molecule has 22 heteroatoms. The Balaban J connectivity index is 0.000000170. The number of benzene rings is 4. The van der Waals surface area contributed by atoms with Gasteiger partial charge in [0.25, 0.3) is 11.8 Å². The van der Waals surface area contributed by atoms with Crippen LogP contribution in [-0.4, -0.2) is 127 Å². The van der Waals surface area contributed by atoms with Crippen LogP contribution < -0.4 is 30.7 Å². The van der Waals surface area contributed by atoms with E-state index >= 15 is 0 Å². The van der Waals surface area contributed by atoms with Gasteiger partial charge in [0.15, 0.2) is 36.1 Å². The van der Waals surface area contributed by atoms with Crippen LogP contribution in [-0.2, 0) is 9.59 Å². The normalized spacial score (nSPS) is 13.9. The van der Waals surface area contributed by atoms with Crippen LogP contribution in [0.3, 0.4) is 0 Å². The average molecular weight is 997 g/mol. The lowest BCUT2D eigenvalue weighted by molar-refractivity contribution is -0.134. The molecule has 2 amide bonds. The number of nitrogens with two attached hydrogens (primary N) is 2. The first-order chi connectivity index (χ1) is 32.9. The molecule has 0 atom stereocenters. The summed E-state index contributed by atoms with van der Waals surface area (Å²) in [6, 6.07) is 28.6. The minimum atomic E-state index is -0.0771. The van der Waals surface area contributed by atoms with E-state index in [0.29, 0.717) is 130 Å². The molecule has 18 nitrogen and oxygen atoms in total. The standard InChI is InChI=1S/2C23H21Cl2N7O2/c24-15-3-1-14(2-4-15)20-27-19-21(28-20)29-23(26)30-22(19)32-11-9-31(10-12-32)18(33)13-34-17-7-5-16(25)6-8-17;24-15-4-6-17(7-5-15)34-13-18(33)31-8-10-32(11-9-31)22-19-21(29-23(26)30-22)28-20(27-19)14-2-1-3-16(25)12-14/h1-8H,9-13H2,(H3,26,27,28,29,30);1-7,12H,8-11,13H2,(H3,26,27,28,29,30). The van der Waals surface area contributed by atoms with Crippen molar-refractivity contribution < 1.29 is 19.1 Å². The Kier molecular flexibility index (Phi) is 13.8. The molecule has 2 aliphatic heterocycles. The second-order valence-electron chi connectivity index (χ2n) is 15.6. The van der Waals surface area contributed by atoms with Crippen molar-refractivity contribution in [1.29, 1.82) is 0 Å². The lowest BCUT2D eigenvalue weighted by Gasteiger charge is -2.35. The van der Waals surface area contributed by atoms with Crippen LogP contribution in [0.5, 0.6) is 11.5 Å². The zero-order valence-electron chi connectivity index (χ0n) is 36.1. The van der Waals surface area contributed by atoms with Gasteiger partial charge in [0.05, 0.1) is 0 Å². The largest absolute Gasteiger partial charge is 0.484 e. The van der Waals surface area contributed by atoms with Gasteiger partial charge in [-0.25, -0.2) is 9.97 Å². The number of rotatable bonds is 10. The summed E-state index contributed by atoms with van der Waals surface area (Å²) in [4.78, 5) is 66.2. The van der Waals surface area contributed by atoms with Gasteiger partial charge in [-0.1, -0.05) is 58.5 Å². The van der Waals surface area contributed by atoms with E-state index in [1.807, 2.05) is 30.3 Å². The molecule has 6 N–H and O–H groups in total. The number of nitrogen functional groups attached to an aromatic ring is 2. The van der Waals surface area contributed by atoms with Gasteiger partial charge in [-0.3, -0.25) is 9.59 Å². The molecule has 0 unspecified atom stereocenters. The molecule has 4 aromatic carbocycles. The molecule has 4 aromatic heterocycles.